The van der Waals surface area contributed by atoms with Gasteiger partial charge in [0.15, 0.2) is 0 Å². The monoisotopic (exact) mass is 262 g/mol. The Bertz CT molecular complexity index is 384. The van der Waals surface area contributed by atoms with Gasteiger partial charge in [-0.05, 0) is 38.6 Å². The van der Waals surface area contributed by atoms with Gasteiger partial charge in [0.1, 0.15) is 0 Å². The van der Waals surface area contributed by atoms with Gasteiger partial charge in [-0.25, -0.2) is 0 Å². The summed E-state index contributed by atoms with van der Waals surface area (Å²) in [5.74, 6) is 0. The predicted molar refractivity (Wildman–Crippen MR) is 80.4 cm³/mol. The summed E-state index contributed by atoms with van der Waals surface area (Å²) in [7, 11) is 0. The summed E-state index contributed by atoms with van der Waals surface area (Å²) in [5, 5.41) is 0. The first kappa shape index (κ1) is 14.3. The van der Waals surface area contributed by atoms with Crippen molar-refractivity contribution in [2.24, 2.45) is 5.73 Å². The minimum atomic E-state index is 0.0102. The topological polar surface area (TPSA) is 45.4 Å². The molecular weight excluding hydrogens is 236 g/mol. The van der Waals surface area contributed by atoms with E-state index in [1.165, 1.54) is 12.1 Å². The molecule has 1 unspecified atom stereocenters. The number of nitrogens with zero attached hydrogens (tertiary/aromatic N) is 3. The second-order valence-corrected chi connectivity index (χ2v) is 5.34. The number of nitrogens with two attached hydrogens (primary N) is 1. The van der Waals surface area contributed by atoms with Crippen molar-refractivity contribution in [2.75, 3.05) is 31.1 Å². The van der Waals surface area contributed by atoms with Crippen LogP contribution in [0.4, 0.5) is 5.69 Å². The fraction of sp³-hybridized carbons (Fsp3) is 0.667. The van der Waals surface area contributed by atoms with Crippen LogP contribution < -0.4 is 10.6 Å². The summed E-state index contributed by atoms with van der Waals surface area (Å²) in [5.41, 5.74) is 8.01. The minimum absolute atomic E-state index is 0.0102. The van der Waals surface area contributed by atoms with E-state index < -0.39 is 0 Å². The molecule has 1 aromatic heterocycles. The predicted octanol–water partition coefficient (Wildman–Crippen LogP) is 2.02. The fourth-order valence-corrected chi connectivity index (χ4v) is 2.87. The number of aromatic nitrogens is 1. The van der Waals surface area contributed by atoms with E-state index in [2.05, 4.69) is 34.7 Å². The molecule has 2 rings (SSSR count). The maximum atomic E-state index is 5.83. The molecule has 1 aliphatic rings. The molecule has 1 aromatic rings. The van der Waals surface area contributed by atoms with E-state index in [1.807, 2.05) is 19.2 Å². The molecule has 4 heteroatoms. The van der Waals surface area contributed by atoms with Gasteiger partial charge >= 0.3 is 0 Å². The molecule has 2 N–H and O–H groups in total. The van der Waals surface area contributed by atoms with Crippen molar-refractivity contribution < 1.29 is 0 Å². The number of hydrogen-bond acceptors (Lipinski definition) is 4. The molecular formula is C15H26N4. The standard InChI is InChI=1S/C15H26N4/c1-4-18(5-2)14-8-9-19(11-14)13-6-7-15(12(3)16)17-10-13/h6-7,10,12,14H,4-5,8-9,11,16H2,1-3H3/t12-,14?/m0/s1. The average Bonchev–Trinajstić information content (AvgIpc) is 2.90. The van der Waals surface area contributed by atoms with Crippen LogP contribution in [-0.2, 0) is 0 Å². The van der Waals surface area contributed by atoms with Crippen molar-refractivity contribution in [2.45, 2.75) is 39.3 Å². The number of likely N-dealkylation sites (N-methyl/N-ethyl adjacent to an activating group) is 1. The van der Waals surface area contributed by atoms with Gasteiger partial charge in [0.05, 0.1) is 17.6 Å². The van der Waals surface area contributed by atoms with Crippen molar-refractivity contribution in [1.82, 2.24) is 9.88 Å². The third-order valence-electron chi connectivity index (χ3n) is 4.09. The van der Waals surface area contributed by atoms with Gasteiger partial charge in [0.25, 0.3) is 0 Å². The van der Waals surface area contributed by atoms with Gasteiger partial charge in [-0.3, -0.25) is 9.88 Å². The van der Waals surface area contributed by atoms with E-state index in [1.54, 1.807) is 0 Å². The Morgan fingerprint density at radius 3 is 2.68 bits per heavy atom. The first-order chi connectivity index (χ1) is 9.15. The van der Waals surface area contributed by atoms with Crippen LogP contribution in [-0.4, -0.2) is 42.1 Å². The normalized spacial score (nSPS) is 21.1. The van der Waals surface area contributed by atoms with Gasteiger partial charge in [0.2, 0.25) is 0 Å². The smallest absolute Gasteiger partial charge is 0.0569 e. The van der Waals surface area contributed by atoms with E-state index in [-0.39, 0.29) is 6.04 Å². The summed E-state index contributed by atoms with van der Waals surface area (Å²) in [6, 6.07) is 4.89. The summed E-state index contributed by atoms with van der Waals surface area (Å²) in [6.07, 6.45) is 3.21. The lowest BCUT2D eigenvalue weighted by Gasteiger charge is -2.26. The zero-order valence-electron chi connectivity index (χ0n) is 12.3. The largest absolute Gasteiger partial charge is 0.369 e. The van der Waals surface area contributed by atoms with Crippen LogP contribution in [0.15, 0.2) is 18.3 Å². The van der Waals surface area contributed by atoms with Crippen molar-refractivity contribution >= 4 is 5.69 Å². The molecule has 0 spiro atoms. The zero-order valence-corrected chi connectivity index (χ0v) is 12.3. The van der Waals surface area contributed by atoms with Crippen LogP contribution in [0.25, 0.3) is 0 Å². The fourth-order valence-electron chi connectivity index (χ4n) is 2.87. The molecule has 0 saturated carbocycles. The Morgan fingerprint density at radius 1 is 1.42 bits per heavy atom. The maximum absolute atomic E-state index is 5.83. The molecule has 0 aliphatic carbocycles. The van der Waals surface area contributed by atoms with Crippen molar-refractivity contribution in [1.29, 1.82) is 0 Å². The lowest BCUT2D eigenvalue weighted by molar-refractivity contribution is 0.232. The lowest BCUT2D eigenvalue weighted by Crippen LogP contribution is -2.37. The molecule has 106 valence electrons. The minimum Gasteiger partial charge on any atom is -0.369 e. The first-order valence-electron chi connectivity index (χ1n) is 7.36. The van der Waals surface area contributed by atoms with Crippen LogP contribution in [0.2, 0.25) is 0 Å². The molecule has 4 nitrogen and oxygen atoms in total. The highest BCUT2D eigenvalue weighted by atomic mass is 15.3. The number of pyridine rings is 1. The third-order valence-corrected chi connectivity index (χ3v) is 4.09. The average molecular weight is 262 g/mol. The van der Waals surface area contributed by atoms with E-state index >= 15 is 0 Å². The summed E-state index contributed by atoms with van der Waals surface area (Å²) in [6.45, 7) is 11.0. The molecule has 0 bridgehead atoms. The highest BCUT2D eigenvalue weighted by molar-refractivity contribution is 5.46. The Morgan fingerprint density at radius 2 is 2.16 bits per heavy atom. The van der Waals surface area contributed by atoms with Gasteiger partial charge < -0.3 is 10.6 Å². The molecule has 1 saturated heterocycles. The zero-order chi connectivity index (χ0) is 13.8. The summed E-state index contributed by atoms with van der Waals surface area (Å²) in [4.78, 5) is 9.43. The van der Waals surface area contributed by atoms with Crippen LogP contribution >= 0.6 is 0 Å². The van der Waals surface area contributed by atoms with Crippen molar-refractivity contribution in [3.8, 4) is 0 Å². The van der Waals surface area contributed by atoms with E-state index in [0.717, 1.165) is 31.9 Å². The summed E-state index contributed by atoms with van der Waals surface area (Å²) >= 11 is 0. The van der Waals surface area contributed by atoms with Crippen LogP contribution in [0.5, 0.6) is 0 Å². The molecule has 0 aromatic carbocycles. The molecule has 1 aliphatic heterocycles. The van der Waals surface area contributed by atoms with Crippen molar-refractivity contribution in [3.05, 3.63) is 24.0 Å². The Balaban J connectivity index is 2.00. The molecule has 1 fully saturated rings. The second kappa shape index (κ2) is 6.35. The SMILES string of the molecule is CCN(CC)C1CCN(c2ccc([C@H](C)N)nc2)C1. The van der Waals surface area contributed by atoms with E-state index in [4.69, 9.17) is 5.73 Å². The first-order valence-corrected chi connectivity index (χ1v) is 7.36. The molecule has 2 atom stereocenters. The van der Waals surface area contributed by atoms with Gasteiger partial charge in [-0.2, -0.15) is 0 Å². The lowest BCUT2D eigenvalue weighted by atomic mass is 10.2. The Labute approximate surface area is 116 Å². The van der Waals surface area contributed by atoms with Crippen LogP contribution in [0.3, 0.4) is 0 Å². The molecule has 0 amide bonds. The Kier molecular flexibility index (Phi) is 4.77. The highest BCUT2D eigenvalue weighted by Crippen LogP contribution is 2.23. The van der Waals surface area contributed by atoms with Gasteiger partial charge in [0, 0.05) is 25.2 Å². The van der Waals surface area contributed by atoms with E-state index in [9.17, 15) is 0 Å². The number of anilines is 1. The summed E-state index contributed by atoms with van der Waals surface area (Å²) < 4.78 is 0. The Hall–Kier alpha value is -1.13. The van der Waals surface area contributed by atoms with Crippen LogP contribution in [0, 0.1) is 0 Å². The van der Waals surface area contributed by atoms with Gasteiger partial charge in [-0.1, -0.05) is 13.8 Å². The molecule has 0 radical (unpaired) electrons. The highest BCUT2D eigenvalue weighted by Gasteiger charge is 2.26. The molecule has 19 heavy (non-hydrogen) atoms. The third kappa shape index (κ3) is 3.25. The second-order valence-electron chi connectivity index (χ2n) is 5.34. The molecule has 2 heterocycles. The maximum Gasteiger partial charge on any atom is 0.0569 e. The van der Waals surface area contributed by atoms with Gasteiger partial charge in [-0.15, -0.1) is 0 Å². The van der Waals surface area contributed by atoms with Crippen LogP contribution in [0.1, 0.15) is 38.9 Å². The number of rotatable bonds is 5. The van der Waals surface area contributed by atoms with E-state index in [0.29, 0.717) is 6.04 Å². The number of hydrogen-bond donors (Lipinski definition) is 1. The quantitative estimate of drug-likeness (QED) is 0.882. The van der Waals surface area contributed by atoms with Crippen molar-refractivity contribution in [3.63, 3.8) is 0 Å².